The second-order valence-corrected chi connectivity index (χ2v) is 6.15. The fourth-order valence-corrected chi connectivity index (χ4v) is 2.56. The van der Waals surface area contributed by atoms with Gasteiger partial charge in [0, 0.05) is 0 Å². The van der Waals surface area contributed by atoms with Crippen molar-refractivity contribution in [3.63, 3.8) is 0 Å². The lowest BCUT2D eigenvalue weighted by Crippen LogP contribution is -2.17. The first-order valence-electron chi connectivity index (χ1n) is 7.04. The van der Waals surface area contributed by atoms with Gasteiger partial charge in [-0.3, -0.25) is 0 Å². The molecule has 0 aromatic heterocycles. The smallest absolute Gasteiger partial charge is 0.0537 e. The molecule has 0 radical (unpaired) electrons. The van der Waals surface area contributed by atoms with Crippen molar-refractivity contribution in [3.05, 3.63) is 0 Å². The standard InChI is InChI=1S/C15H32O/c1-7-11(2)8-12(3)9-13(4)10-14(5)15(6)16/h11-16H,7-10H2,1-6H3. The molecule has 1 N–H and O–H groups in total. The summed E-state index contributed by atoms with van der Waals surface area (Å²) in [7, 11) is 0. The Hall–Kier alpha value is -0.0400. The summed E-state index contributed by atoms with van der Waals surface area (Å²) in [6.45, 7) is 13.4. The number of hydrogen-bond donors (Lipinski definition) is 1. The van der Waals surface area contributed by atoms with Crippen LogP contribution in [0.25, 0.3) is 0 Å². The zero-order valence-electron chi connectivity index (χ0n) is 12.2. The van der Waals surface area contributed by atoms with E-state index in [1.54, 1.807) is 0 Å². The average Bonchev–Trinajstić information content (AvgIpc) is 2.16. The van der Waals surface area contributed by atoms with Crippen LogP contribution in [-0.2, 0) is 0 Å². The van der Waals surface area contributed by atoms with E-state index in [1.165, 1.54) is 19.3 Å². The maximum atomic E-state index is 9.49. The van der Waals surface area contributed by atoms with Crippen molar-refractivity contribution >= 4 is 0 Å². The van der Waals surface area contributed by atoms with E-state index in [9.17, 15) is 5.11 Å². The number of aliphatic hydroxyl groups excluding tert-OH is 1. The molecule has 0 aliphatic rings. The van der Waals surface area contributed by atoms with Gasteiger partial charge in [-0.15, -0.1) is 0 Å². The maximum absolute atomic E-state index is 9.49. The van der Waals surface area contributed by atoms with Gasteiger partial charge in [-0.05, 0) is 49.9 Å². The van der Waals surface area contributed by atoms with Gasteiger partial charge in [-0.25, -0.2) is 0 Å². The molecule has 0 saturated heterocycles. The van der Waals surface area contributed by atoms with Crippen molar-refractivity contribution in [2.24, 2.45) is 23.7 Å². The predicted octanol–water partition coefficient (Wildman–Crippen LogP) is 4.49. The Morgan fingerprint density at radius 3 is 1.62 bits per heavy atom. The quantitative estimate of drug-likeness (QED) is 0.649. The van der Waals surface area contributed by atoms with E-state index < -0.39 is 0 Å². The van der Waals surface area contributed by atoms with Crippen molar-refractivity contribution in [1.82, 2.24) is 0 Å². The largest absolute Gasteiger partial charge is 0.393 e. The Morgan fingerprint density at radius 2 is 1.19 bits per heavy atom. The first-order chi connectivity index (χ1) is 7.36. The minimum atomic E-state index is -0.160. The molecule has 0 aromatic carbocycles. The van der Waals surface area contributed by atoms with E-state index in [0.717, 1.165) is 24.2 Å². The molecule has 5 atom stereocenters. The normalized spacial score (nSPS) is 21.2. The fourth-order valence-electron chi connectivity index (χ4n) is 2.56. The molecule has 0 bridgehead atoms. The van der Waals surface area contributed by atoms with Crippen molar-refractivity contribution in [2.75, 3.05) is 0 Å². The maximum Gasteiger partial charge on any atom is 0.0537 e. The second kappa shape index (κ2) is 8.11. The van der Waals surface area contributed by atoms with Crippen LogP contribution in [0.3, 0.4) is 0 Å². The van der Waals surface area contributed by atoms with Crippen molar-refractivity contribution < 1.29 is 5.11 Å². The Morgan fingerprint density at radius 1 is 0.750 bits per heavy atom. The van der Waals surface area contributed by atoms with Crippen molar-refractivity contribution in [3.8, 4) is 0 Å². The molecule has 0 aliphatic carbocycles. The lowest BCUT2D eigenvalue weighted by molar-refractivity contribution is 0.117. The van der Waals surface area contributed by atoms with Gasteiger partial charge in [0.25, 0.3) is 0 Å². The minimum Gasteiger partial charge on any atom is -0.393 e. The van der Waals surface area contributed by atoms with Gasteiger partial charge < -0.3 is 5.11 Å². The Labute approximate surface area is 103 Å². The van der Waals surface area contributed by atoms with Crippen LogP contribution in [0.4, 0.5) is 0 Å². The van der Waals surface area contributed by atoms with Crippen LogP contribution < -0.4 is 0 Å². The number of hydrogen-bond acceptors (Lipinski definition) is 1. The summed E-state index contributed by atoms with van der Waals surface area (Å²) in [5, 5.41) is 9.49. The summed E-state index contributed by atoms with van der Waals surface area (Å²) in [6, 6.07) is 0. The molecule has 98 valence electrons. The molecular weight excluding hydrogens is 196 g/mol. The van der Waals surface area contributed by atoms with Crippen LogP contribution >= 0.6 is 0 Å². The summed E-state index contributed by atoms with van der Waals surface area (Å²) in [4.78, 5) is 0. The molecule has 16 heavy (non-hydrogen) atoms. The molecule has 0 saturated carbocycles. The Balaban J connectivity index is 3.81. The van der Waals surface area contributed by atoms with E-state index in [2.05, 4.69) is 34.6 Å². The van der Waals surface area contributed by atoms with E-state index in [-0.39, 0.29) is 6.10 Å². The summed E-state index contributed by atoms with van der Waals surface area (Å²) in [5.74, 6) is 2.86. The summed E-state index contributed by atoms with van der Waals surface area (Å²) >= 11 is 0. The van der Waals surface area contributed by atoms with E-state index in [1.807, 2.05) is 6.92 Å². The van der Waals surface area contributed by atoms with Gasteiger partial charge >= 0.3 is 0 Å². The van der Waals surface area contributed by atoms with Crippen molar-refractivity contribution in [1.29, 1.82) is 0 Å². The first kappa shape index (κ1) is 16.0. The number of rotatable bonds is 8. The highest BCUT2D eigenvalue weighted by atomic mass is 16.3. The van der Waals surface area contributed by atoms with Gasteiger partial charge in [-0.2, -0.15) is 0 Å². The molecule has 0 aromatic rings. The van der Waals surface area contributed by atoms with Crippen molar-refractivity contribution in [2.45, 2.75) is 73.3 Å². The zero-order valence-corrected chi connectivity index (χ0v) is 12.2. The molecular formula is C15H32O. The number of aliphatic hydroxyl groups is 1. The van der Waals surface area contributed by atoms with E-state index in [0.29, 0.717) is 5.92 Å². The van der Waals surface area contributed by atoms with Gasteiger partial charge in [0.1, 0.15) is 0 Å². The van der Waals surface area contributed by atoms with E-state index in [4.69, 9.17) is 0 Å². The molecule has 0 spiro atoms. The third kappa shape index (κ3) is 7.27. The van der Waals surface area contributed by atoms with Gasteiger partial charge in [0.2, 0.25) is 0 Å². The first-order valence-corrected chi connectivity index (χ1v) is 7.04. The highest BCUT2D eigenvalue weighted by Gasteiger charge is 2.16. The second-order valence-electron chi connectivity index (χ2n) is 6.15. The van der Waals surface area contributed by atoms with Gasteiger partial charge in [-0.1, -0.05) is 41.0 Å². The lowest BCUT2D eigenvalue weighted by Gasteiger charge is -2.23. The molecule has 0 rings (SSSR count). The predicted molar refractivity (Wildman–Crippen MR) is 72.5 cm³/mol. The van der Waals surface area contributed by atoms with Crippen LogP contribution in [0.2, 0.25) is 0 Å². The Bertz CT molecular complexity index is 165. The molecule has 5 unspecified atom stereocenters. The average molecular weight is 228 g/mol. The zero-order chi connectivity index (χ0) is 12.7. The Kier molecular flexibility index (Phi) is 8.09. The topological polar surface area (TPSA) is 20.2 Å². The SMILES string of the molecule is CCC(C)CC(C)CC(C)CC(C)C(C)O. The van der Waals surface area contributed by atoms with E-state index >= 15 is 0 Å². The fraction of sp³-hybridized carbons (Fsp3) is 1.00. The molecule has 1 nitrogen and oxygen atoms in total. The summed E-state index contributed by atoms with van der Waals surface area (Å²) < 4.78 is 0. The van der Waals surface area contributed by atoms with Crippen LogP contribution in [0, 0.1) is 23.7 Å². The summed E-state index contributed by atoms with van der Waals surface area (Å²) in [6.07, 6.45) is 4.95. The minimum absolute atomic E-state index is 0.160. The van der Waals surface area contributed by atoms with Crippen LogP contribution in [0.15, 0.2) is 0 Å². The molecule has 0 amide bonds. The highest BCUT2D eigenvalue weighted by molar-refractivity contribution is 4.67. The van der Waals surface area contributed by atoms with Crippen LogP contribution in [-0.4, -0.2) is 11.2 Å². The molecule has 1 heteroatoms. The highest BCUT2D eigenvalue weighted by Crippen LogP contribution is 2.25. The lowest BCUT2D eigenvalue weighted by atomic mass is 9.84. The molecule has 0 heterocycles. The summed E-state index contributed by atoms with van der Waals surface area (Å²) in [5.41, 5.74) is 0. The monoisotopic (exact) mass is 228 g/mol. The van der Waals surface area contributed by atoms with Gasteiger partial charge in [0.05, 0.1) is 6.10 Å². The van der Waals surface area contributed by atoms with Crippen LogP contribution in [0.1, 0.15) is 67.2 Å². The third-order valence-electron chi connectivity index (χ3n) is 3.90. The third-order valence-corrected chi connectivity index (χ3v) is 3.90. The van der Waals surface area contributed by atoms with Gasteiger partial charge in [0.15, 0.2) is 0 Å². The molecule has 0 aliphatic heterocycles. The molecule has 0 fully saturated rings. The van der Waals surface area contributed by atoms with Crippen LogP contribution in [0.5, 0.6) is 0 Å².